The predicted molar refractivity (Wildman–Crippen MR) is 130 cm³/mol. The second kappa shape index (κ2) is 8.68. The van der Waals surface area contributed by atoms with Gasteiger partial charge in [0.2, 0.25) is 0 Å². The number of anilines is 1. The summed E-state index contributed by atoms with van der Waals surface area (Å²) in [5.74, 6) is 0.916. The van der Waals surface area contributed by atoms with Crippen molar-refractivity contribution in [3.63, 3.8) is 0 Å². The second-order valence-electron chi connectivity index (χ2n) is 9.37. The number of pyridine rings is 2. The monoisotopic (exact) mass is 476 g/mol. The average molecular weight is 477 g/mol. The van der Waals surface area contributed by atoms with E-state index in [1.165, 1.54) is 4.90 Å². The summed E-state index contributed by atoms with van der Waals surface area (Å²) in [6.45, 7) is 5.66. The van der Waals surface area contributed by atoms with Crippen LogP contribution in [0.1, 0.15) is 50.8 Å². The molecule has 0 atom stereocenters. The molecule has 1 fully saturated rings. The minimum atomic E-state index is -0.676. The molecule has 0 bridgehead atoms. The minimum Gasteiger partial charge on any atom is -0.443 e. The van der Waals surface area contributed by atoms with Gasteiger partial charge in [-0.3, -0.25) is 14.9 Å². The maximum atomic E-state index is 13.3. The first-order chi connectivity index (χ1) is 16.3. The number of carbonyl (C=O) groups excluding carboxylic acids is 1. The molecule has 1 aliphatic rings. The van der Waals surface area contributed by atoms with Gasteiger partial charge >= 0.3 is 6.09 Å². The van der Waals surface area contributed by atoms with Gasteiger partial charge in [0.05, 0.1) is 24.1 Å². The smallest absolute Gasteiger partial charge is 0.416 e. The SMILES string of the molecule is CC(C)(C)OC(=O)N(Cc1ccc(-c2ccccn2)cn1)c1cc(Cl)nc2c(C3CC3)cnn12. The van der Waals surface area contributed by atoms with Gasteiger partial charge in [-0.25, -0.2) is 9.78 Å². The van der Waals surface area contributed by atoms with Crippen LogP contribution >= 0.6 is 11.6 Å². The zero-order valence-electron chi connectivity index (χ0n) is 19.3. The van der Waals surface area contributed by atoms with Crippen molar-refractivity contribution >= 4 is 29.2 Å². The van der Waals surface area contributed by atoms with E-state index in [-0.39, 0.29) is 11.7 Å². The molecule has 0 N–H and O–H groups in total. The summed E-state index contributed by atoms with van der Waals surface area (Å²) in [6, 6.07) is 11.2. The first-order valence-corrected chi connectivity index (χ1v) is 11.6. The largest absolute Gasteiger partial charge is 0.443 e. The molecule has 0 unspecified atom stereocenters. The number of ether oxygens (including phenoxy) is 1. The number of fused-ring (bicyclic) bond motifs is 1. The van der Waals surface area contributed by atoms with Crippen molar-refractivity contribution in [3.8, 4) is 11.3 Å². The normalized spacial score (nSPS) is 13.8. The van der Waals surface area contributed by atoms with Gasteiger partial charge in [-0.2, -0.15) is 9.61 Å². The maximum absolute atomic E-state index is 13.3. The third-order valence-corrected chi connectivity index (χ3v) is 5.66. The summed E-state index contributed by atoms with van der Waals surface area (Å²) < 4.78 is 7.38. The van der Waals surface area contributed by atoms with Crippen molar-refractivity contribution < 1.29 is 9.53 Å². The molecule has 4 heterocycles. The molecule has 1 amide bonds. The van der Waals surface area contributed by atoms with E-state index in [0.29, 0.717) is 23.1 Å². The fourth-order valence-corrected chi connectivity index (χ4v) is 3.91. The van der Waals surface area contributed by atoms with Gasteiger partial charge in [-0.1, -0.05) is 17.7 Å². The van der Waals surface area contributed by atoms with E-state index < -0.39 is 11.7 Å². The van der Waals surface area contributed by atoms with Crippen LogP contribution in [0, 0.1) is 0 Å². The van der Waals surface area contributed by atoms with Gasteiger partial charge in [0.1, 0.15) is 16.6 Å². The molecule has 5 rings (SSSR count). The van der Waals surface area contributed by atoms with Crippen LogP contribution in [0.3, 0.4) is 0 Å². The molecule has 0 aliphatic heterocycles. The Balaban J connectivity index is 1.52. The van der Waals surface area contributed by atoms with E-state index in [0.717, 1.165) is 29.7 Å². The summed E-state index contributed by atoms with van der Waals surface area (Å²) in [6.07, 6.45) is 6.99. The lowest BCUT2D eigenvalue weighted by atomic mass is 10.2. The molecule has 1 saturated carbocycles. The van der Waals surface area contributed by atoms with E-state index in [1.807, 2.05) is 57.3 Å². The molecule has 4 aromatic heterocycles. The topological polar surface area (TPSA) is 85.5 Å². The highest BCUT2D eigenvalue weighted by Crippen LogP contribution is 2.42. The minimum absolute atomic E-state index is 0.172. The quantitative estimate of drug-likeness (QED) is 0.345. The van der Waals surface area contributed by atoms with Gasteiger partial charge in [0, 0.05) is 29.6 Å². The predicted octanol–water partition coefficient (Wildman–Crippen LogP) is 5.66. The fourth-order valence-electron chi connectivity index (χ4n) is 3.73. The molecule has 4 aromatic rings. The Hall–Kier alpha value is -3.52. The Morgan fingerprint density at radius 2 is 2.00 bits per heavy atom. The number of halogens is 1. The molecular formula is C25H25ClN6O2. The highest BCUT2D eigenvalue weighted by atomic mass is 35.5. The summed E-state index contributed by atoms with van der Waals surface area (Å²) in [7, 11) is 0. The zero-order chi connectivity index (χ0) is 23.9. The van der Waals surface area contributed by atoms with E-state index >= 15 is 0 Å². The number of aromatic nitrogens is 5. The second-order valence-corrected chi connectivity index (χ2v) is 9.75. The molecule has 1 aliphatic carbocycles. The van der Waals surface area contributed by atoms with E-state index in [2.05, 4.69) is 20.1 Å². The van der Waals surface area contributed by atoms with Crippen molar-refractivity contribution in [1.82, 2.24) is 24.6 Å². The number of hydrogen-bond donors (Lipinski definition) is 0. The number of amides is 1. The average Bonchev–Trinajstić information content (AvgIpc) is 3.56. The standard InChI is InChI=1S/C25H25ClN6O2/c1-25(2,3)34-24(33)31(15-18-10-9-17(13-28-18)20-6-4-5-11-27-20)22-12-21(26)30-23-19(16-7-8-16)14-29-32(22)23/h4-6,9-14,16H,7-8,15H2,1-3H3. The molecule has 0 spiro atoms. The van der Waals surface area contributed by atoms with E-state index in [1.54, 1.807) is 23.0 Å². The Morgan fingerprint density at radius 1 is 1.18 bits per heavy atom. The molecule has 174 valence electrons. The van der Waals surface area contributed by atoms with Gasteiger partial charge in [0.25, 0.3) is 0 Å². The first-order valence-electron chi connectivity index (χ1n) is 11.2. The Bertz CT molecular complexity index is 1330. The lowest BCUT2D eigenvalue weighted by molar-refractivity contribution is 0.0575. The van der Waals surface area contributed by atoms with Crippen LogP contribution in [0.15, 0.2) is 55.0 Å². The van der Waals surface area contributed by atoms with Gasteiger partial charge in [-0.05, 0) is 63.8 Å². The third-order valence-electron chi connectivity index (χ3n) is 5.46. The molecule has 34 heavy (non-hydrogen) atoms. The van der Waals surface area contributed by atoms with Gasteiger partial charge in [0.15, 0.2) is 5.65 Å². The van der Waals surface area contributed by atoms with E-state index in [4.69, 9.17) is 16.3 Å². The summed E-state index contributed by atoms with van der Waals surface area (Å²) in [5, 5.41) is 4.82. The van der Waals surface area contributed by atoms with Crippen molar-refractivity contribution in [1.29, 1.82) is 0 Å². The molecule has 0 saturated heterocycles. The van der Waals surface area contributed by atoms with Crippen LogP contribution in [-0.4, -0.2) is 36.3 Å². The van der Waals surface area contributed by atoms with Crippen LogP contribution in [0.2, 0.25) is 5.15 Å². The number of hydrogen-bond acceptors (Lipinski definition) is 6. The van der Waals surface area contributed by atoms with Crippen molar-refractivity contribution in [2.75, 3.05) is 4.90 Å². The molecule has 8 nitrogen and oxygen atoms in total. The first kappa shape index (κ1) is 22.3. The Morgan fingerprint density at radius 3 is 2.65 bits per heavy atom. The summed E-state index contributed by atoms with van der Waals surface area (Å²) in [4.78, 5) is 28.3. The molecule has 0 aromatic carbocycles. The Labute approximate surface area is 202 Å². The van der Waals surface area contributed by atoms with Crippen molar-refractivity contribution in [3.05, 3.63) is 71.4 Å². The van der Waals surface area contributed by atoms with E-state index in [9.17, 15) is 4.79 Å². The third kappa shape index (κ3) is 4.72. The van der Waals surface area contributed by atoms with Crippen molar-refractivity contribution in [2.24, 2.45) is 0 Å². The number of carbonyl (C=O) groups is 1. The highest BCUT2D eigenvalue weighted by molar-refractivity contribution is 6.29. The molecule has 0 radical (unpaired) electrons. The van der Waals surface area contributed by atoms with Crippen LogP contribution in [0.25, 0.3) is 16.9 Å². The number of nitrogens with zero attached hydrogens (tertiary/aromatic N) is 6. The van der Waals surface area contributed by atoms with Crippen LogP contribution in [0.4, 0.5) is 10.6 Å². The fraction of sp³-hybridized carbons (Fsp3) is 0.320. The van der Waals surface area contributed by atoms with Crippen LogP contribution in [-0.2, 0) is 11.3 Å². The Kier molecular flexibility index (Phi) is 5.69. The van der Waals surface area contributed by atoms with Gasteiger partial charge < -0.3 is 4.74 Å². The molecular weight excluding hydrogens is 452 g/mol. The maximum Gasteiger partial charge on any atom is 0.416 e. The van der Waals surface area contributed by atoms with Crippen LogP contribution < -0.4 is 4.90 Å². The summed E-state index contributed by atoms with van der Waals surface area (Å²) in [5.41, 5.74) is 3.44. The zero-order valence-corrected chi connectivity index (χ0v) is 20.0. The number of rotatable bonds is 5. The summed E-state index contributed by atoms with van der Waals surface area (Å²) >= 11 is 6.40. The lowest BCUT2D eigenvalue weighted by Crippen LogP contribution is -2.37. The lowest BCUT2D eigenvalue weighted by Gasteiger charge is -2.27. The van der Waals surface area contributed by atoms with Crippen LogP contribution in [0.5, 0.6) is 0 Å². The van der Waals surface area contributed by atoms with Crippen molar-refractivity contribution in [2.45, 2.75) is 51.7 Å². The van der Waals surface area contributed by atoms with Gasteiger partial charge in [-0.15, -0.1) is 0 Å². The highest BCUT2D eigenvalue weighted by Gasteiger charge is 2.31. The molecule has 9 heteroatoms.